The fourth-order valence-corrected chi connectivity index (χ4v) is 1.51. The lowest BCUT2D eigenvalue weighted by Crippen LogP contribution is -2.31. The van der Waals surface area contributed by atoms with Crippen LogP contribution in [0, 0.1) is 10.1 Å². The summed E-state index contributed by atoms with van der Waals surface area (Å²) in [5, 5.41) is 16.5. The quantitative estimate of drug-likeness (QED) is 0.435. The number of benzene rings is 1. The van der Waals surface area contributed by atoms with Gasteiger partial charge in [0, 0.05) is 30.8 Å². The number of nitrogens with zero attached hydrogens (tertiary/aromatic N) is 1. The number of rotatable bonds is 7. The standard InChI is InChI=1S/C12H17N3O4/c1-3-13-6-7-14-12(16)9-4-5-10(15(17)18)11(8-9)19-2/h4-5,8,13H,3,6-7H2,1-2H3,(H,14,16). The topological polar surface area (TPSA) is 93.5 Å². The molecule has 7 heteroatoms. The van der Waals surface area contributed by atoms with Crippen molar-refractivity contribution in [3.8, 4) is 5.75 Å². The van der Waals surface area contributed by atoms with Crippen LogP contribution in [0.25, 0.3) is 0 Å². The molecular weight excluding hydrogens is 250 g/mol. The Balaban J connectivity index is 2.73. The Morgan fingerprint density at radius 1 is 1.42 bits per heavy atom. The average molecular weight is 267 g/mol. The first-order chi connectivity index (χ1) is 9.10. The molecule has 0 radical (unpaired) electrons. The molecule has 0 atom stereocenters. The fourth-order valence-electron chi connectivity index (χ4n) is 1.51. The van der Waals surface area contributed by atoms with Gasteiger partial charge in [0.2, 0.25) is 0 Å². The van der Waals surface area contributed by atoms with Crippen molar-refractivity contribution in [3.05, 3.63) is 33.9 Å². The van der Waals surface area contributed by atoms with E-state index in [-0.39, 0.29) is 17.3 Å². The molecule has 1 aromatic rings. The van der Waals surface area contributed by atoms with Gasteiger partial charge in [0.15, 0.2) is 5.75 Å². The van der Waals surface area contributed by atoms with Crippen LogP contribution < -0.4 is 15.4 Å². The number of nitrogens with one attached hydrogen (secondary N) is 2. The lowest BCUT2D eigenvalue weighted by Gasteiger charge is -2.07. The van der Waals surface area contributed by atoms with E-state index in [1.165, 1.54) is 25.3 Å². The summed E-state index contributed by atoms with van der Waals surface area (Å²) in [6.45, 7) is 3.97. The minimum absolute atomic E-state index is 0.0735. The maximum Gasteiger partial charge on any atom is 0.310 e. The largest absolute Gasteiger partial charge is 0.490 e. The van der Waals surface area contributed by atoms with Crippen LogP contribution in [0.4, 0.5) is 5.69 Å². The van der Waals surface area contributed by atoms with Gasteiger partial charge in [-0.1, -0.05) is 6.92 Å². The zero-order valence-corrected chi connectivity index (χ0v) is 10.9. The highest BCUT2D eigenvalue weighted by molar-refractivity contribution is 5.95. The van der Waals surface area contributed by atoms with Crippen molar-refractivity contribution >= 4 is 11.6 Å². The second-order valence-corrected chi connectivity index (χ2v) is 3.75. The minimum atomic E-state index is -0.550. The van der Waals surface area contributed by atoms with Gasteiger partial charge in [-0.05, 0) is 12.6 Å². The molecule has 0 fully saturated rings. The van der Waals surface area contributed by atoms with Crippen LogP contribution in [-0.4, -0.2) is 37.6 Å². The molecule has 0 bridgehead atoms. The second kappa shape index (κ2) is 7.32. The van der Waals surface area contributed by atoms with Gasteiger partial charge in [0.05, 0.1) is 12.0 Å². The van der Waals surface area contributed by atoms with E-state index in [1.807, 2.05) is 6.92 Å². The van der Waals surface area contributed by atoms with Gasteiger partial charge in [-0.15, -0.1) is 0 Å². The van der Waals surface area contributed by atoms with E-state index in [0.29, 0.717) is 18.7 Å². The summed E-state index contributed by atoms with van der Waals surface area (Å²) in [7, 11) is 1.33. The van der Waals surface area contributed by atoms with Gasteiger partial charge >= 0.3 is 5.69 Å². The van der Waals surface area contributed by atoms with E-state index in [1.54, 1.807) is 0 Å². The van der Waals surface area contributed by atoms with Crippen LogP contribution >= 0.6 is 0 Å². The molecule has 0 aliphatic carbocycles. The van der Waals surface area contributed by atoms with E-state index in [4.69, 9.17) is 4.74 Å². The number of likely N-dealkylation sites (N-methyl/N-ethyl adjacent to an activating group) is 1. The predicted molar refractivity (Wildman–Crippen MR) is 70.5 cm³/mol. The van der Waals surface area contributed by atoms with Crippen molar-refractivity contribution in [2.24, 2.45) is 0 Å². The zero-order chi connectivity index (χ0) is 14.3. The van der Waals surface area contributed by atoms with Gasteiger partial charge in [0.1, 0.15) is 0 Å². The molecular formula is C12H17N3O4. The lowest BCUT2D eigenvalue weighted by atomic mass is 10.1. The average Bonchev–Trinajstić information content (AvgIpc) is 2.42. The highest BCUT2D eigenvalue weighted by atomic mass is 16.6. The Morgan fingerprint density at radius 2 is 2.16 bits per heavy atom. The number of ether oxygens (including phenoxy) is 1. The summed E-state index contributed by atoms with van der Waals surface area (Å²) in [6, 6.07) is 4.03. The number of hydrogen-bond acceptors (Lipinski definition) is 5. The van der Waals surface area contributed by atoms with Crippen LogP contribution in [-0.2, 0) is 0 Å². The van der Waals surface area contributed by atoms with Crippen molar-refractivity contribution in [1.82, 2.24) is 10.6 Å². The molecule has 2 N–H and O–H groups in total. The molecule has 0 saturated carbocycles. The summed E-state index contributed by atoms with van der Waals surface area (Å²) in [5.41, 5.74) is 0.172. The summed E-state index contributed by atoms with van der Waals surface area (Å²) in [6.07, 6.45) is 0. The first kappa shape index (κ1) is 14.9. The van der Waals surface area contributed by atoms with E-state index < -0.39 is 4.92 Å². The Labute approximate surface area is 111 Å². The van der Waals surface area contributed by atoms with Gasteiger partial charge in [0.25, 0.3) is 5.91 Å². The summed E-state index contributed by atoms with van der Waals surface area (Å²) < 4.78 is 4.91. The number of amides is 1. The van der Waals surface area contributed by atoms with Crippen molar-refractivity contribution in [1.29, 1.82) is 0 Å². The van der Waals surface area contributed by atoms with Crippen molar-refractivity contribution in [2.45, 2.75) is 6.92 Å². The molecule has 19 heavy (non-hydrogen) atoms. The van der Waals surface area contributed by atoms with Gasteiger partial charge in [-0.3, -0.25) is 14.9 Å². The number of methoxy groups -OCH3 is 1. The molecule has 0 aliphatic heterocycles. The molecule has 0 aliphatic rings. The lowest BCUT2D eigenvalue weighted by molar-refractivity contribution is -0.385. The van der Waals surface area contributed by atoms with Crippen LogP contribution in [0.15, 0.2) is 18.2 Å². The number of nitro benzene ring substituents is 1. The maximum atomic E-state index is 11.8. The maximum absolute atomic E-state index is 11.8. The van der Waals surface area contributed by atoms with Gasteiger partial charge < -0.3 is 15.4 Å². The van der Waals surface area contributed by atoms with Crippen LogP contribution in [0.2, 0.25) is 0 Å². The molecule has 0 unspecified atom stereocenters. The van der Waals surface area contributed by atoms with Gasteiger partial charge in [-0.25, -0.2) is 0 Å². The van der Waals surface area contributed by atoms with Crippen LogP contribution in [0.5, 0.6) is 5.75 Å². The van der Waals surface area contributed by atoms with Crippen LogP contribution in [0.3, 0.4) is 0 Å². The molecule has 1 aromatic carbocycles. The van der Waals surface area contributed by atoms with E-state index in [2.05, 4.69) is 10.6 Å². The highest BCUT2D eigenvalue weighted by Gasteiger charge is 2.17. The Morgan fingerprint density at radius 3 is 2.74 bits per heavy atom. The summed E-state index contributed by atoms with van der Waals surface area (Å²) in [4.78, 5) is 22.0. The predicted octanol–water partition coefficient (Wildman–Crippen LogP) is 0.943. The number of hydrogen-bond donors (Lipinski definition) is 2. The molecule has 0 heterocycles. The fraction of sp³-hybridized carbons (Fsp3) is 0.417. The second-order valence-electron chi connectivity index (χ2n) is 3.75. The van der Waals surface area contributed by atoms with Crippen molar-refractivity contribution in [3.63, 3.8) is 0 Å². The molecule has 1 amide bonds. The molecule has 0 saturated heterocycles. The highest BCUT2D eigenvalue weighted by Crippen LogP contribution is 2.27. The Hall–Kier alpha value is -2.15. The third-order valence-electron chi connectivity index (χ3n) is 2.48. The van der Waals surface area contributed by atoms with Crippen LogP contribution in [0.1, 0.15) is 17.3 Å². The summed E-state index contributed by atoms with van der Waals surface area (Å²) in [5.74, 6) is -0.213. The minimum Gasteiger partial charge on any atom is -0.490 e. The van der Waals surface area contributed by atoms with Gasteiger partial charge in [-0.2, -0.15) is 0 Å². The number of carbonyl (C=O) groups excluding carboxylic acids is 1. The third kappa shape index (κ3) is 4.22. The summed E-state index contributed by atoms with van der Waals surface area (Å²) >= 11 is 0. The van der Waals surface area contributed by atoms with Crippen molar-refractivity contribution < 1.29 is 14.5 Å². The SMILES string of the molecule is CCNCCNC(=O)c1ccc([N+](=O)[O-])c(OC)c1. The zero-order valence-electron chi connectivity index (χ0n) is 10.9. The smallest absolute Gasteiger partial charge is 0.310 e. The Bertz CT molecular complexity index is 462. The normalized spacial score (nSPS) is 10.0. The van der Waals surface area contributed by atoms with E-state index >= 15 is 0 Å². The monoisotopic (exact) mass is 267 g/mol. The molecule has 1 rings (SSSR count). The molecule has 104 valence electrons. The third-order valence-corrected chi connectivity index (χ3v) is 2.48. The first-order valence-corrected chi connectivity index (χ1v) is 5.91. The first-order valence-electron chi connectivity index (χ1n) is 5.91. The van der Waals surface area contributed by atoms with Crippen molar-refractivity contribution in [2.75, 3.05) is 26.7 Å². The number of carbonyl (C=O) groups is 1. The Kier molecular flexibility index (Phi) is 5.74. The molecule has 0 spiro atoms. The van der Waals surface area contributed by atoms with E-state index in [9.17, 15) is 14.9 Å². The molecule has 0 aromatic heterocycles. The molecule has 7 nitrogen and oxygen atoms in total. The van der Waals surface area contributed by atoms with E-state index in [0.717, 1.165) is 6.54 Å². The number of nitro groups is 1.